The third-order valence-electron chi connectivity index (χ3n) is 3.94. The molecule has 1 heterocycles. The summed E-state index contributed by atoms with van der Waals surface area (Å²) in [7, 11) is -2.82. The topological polar surface area (TPSA) is 49.4 Å². The van der Waals surface area contributed by atoms with Gasteiger partial charge >= 0.3 is 0 Å². The van der Waals surface area contributed by atoms with Crippen LogP contribution < -0.4 is 5.32 Å². The molecular formula is C13H28N2O2S. The monoisotopic (exact) mass is 276 g/mol. The first-order valence-electron chi connectivity index (χ1n) is 6.99. The van der Waals surface area contributed by atoms with Crippen molar-refractivity contribution in [2.45, 2.75) is 52.1 Å². The van der Waals surface area contributed by atoms with E-state index in [-0.39, 0.29) is 11.3 Å². The van der Waals surface area contributed by atoms with E-state index in [1.54, 1.807) is 6.92 Å². The van der Waals surface area contributed by atoms with E-state index in [0.717, 1.165) is 32.5 Å². The first-order chi connectivity index (χ1) is 8.30. The van der Waals surface area contributed by atoms with Crippen LogP contribution in [0.25, 0.3) is 0 Å². The summed E-state index contributed by atoms with van der Waals surface area (Å²) >= 11 is 0. The standard InChI is InChI=1S/C13H28N2O2S/c1-5-12-10-15(13(3,4)11-14-12)8-7-9-18(16,17)6-2/h12,14H,5-11H2,1-4H3. The molecule has 1 aliphatic heterocycles. The molecule has 18 heavy (non-hydrogen) atoms. The fourth-order valence-electron chi connectivity index (χ4n) is 2.37. The quantitative estimate of drug-likeness (QED) is 0.794. The van der Waals surface area contributed by atoms with Crippen LogP contribution >= 0.6 is 0 Å². The largest absolute Gasteiger partial charge is 0.311 e. The second-order valence-electron chi connectivity index (χ2n) is 5.83. The number of nitrogens with zero attached hydrogens (tertiary/aromatic N) is 1. The molecule has 0 aliphatic carbocycles. The SMILES string of the molecule is CCC1CN(CCCS(=O)(=O)CC)C(C)(C)CN1. The minimum atomic E-state index is -2.82. The van der Waals surface area contributed by atoms with E-state index in [0.29, 0.717) is 11.8 Å². The third kappa shape index (κ3) is 4.52. The van der Waals surface area contributed by atoms with Gasteiger partial charge in [0.2, 0.25) is 0 Å². The Morgan fingerprint density at radius 2 is 2.00 bits per heavy atom. The van der Waals surface area contributed by atoms with Crippen LogP contribution in [0.1, 0.15) is 40.5 Å². The first-order valence-corrected chi connectivity index (χ1v) is 8.81. The summed E-state index contributed by atoms with van der Waals surface area (Å²) in [5.74, 6) is 0.579. The fraction of sp³-hybridized carbons (Fsp3) is 1.00. The summed E-state index contributed by atoms with van der Waals surface area (Å²) in [5, 5.41) is 3.55. The number of nitrogens with one attached hydrogen (secondary N) is 1. The highest BCUT2D eigenvalue weighted by atomic mass is 32.2. The van der Waals surface area contributed by atoms with Gasteiger partial charge in [-0.05, 0) is 33.2 Å². The van der Waals surface area contributed by atoms with Crippen molar-refractivity contribution in [1.29, 1.82) is 0 Å². The van der Waals surface area contributed by atoms with Crippen molar-refractivity contribution in [2.75, 3.05) is 31.1 Å². The van der Waals surface area contributed by atoms with Crippen molar-refractivity contribution in [3.05, 3.63) is 0 Å². The molecule has 1 aliphatic rings. The van der Waals surface area contributed by atoms with E-state index < -0.39 is 9.84 Å². The van der Waals surface area contributed by atoms with Gasteiger partial charge in [0, 0.05) is 30.4 Å². The van der Waals surface area contributed by atoms with Gasteiger partial charge in [-0.1, -0.05) is 13.8 Å². The van der Waals surface area contributed by atoms with E-state index in [9.17, 15) is 8.42 Å². The molecule has 0 bridgehead atoms. The molecule has 0 saturated carbocycles. The van der Waals surface area contributed by atoms with E-state index in [2.05, 4.69) is 31.0 Å². The second kappa shape index (κ2) is 6.35. The Balaban J connectivity index is 2.48. The highest BCUT2D eigenvalue weighted by Gasteiger charge is 2.32. The number of hydrogen-bond acceptors (Lipinski definition) is 4. The Morgan fingerprint density at radius 3 is 2.56 bits per heavy atom. The molecule has 0 radical (unpaired) electrons. The number of hydrogen-bond donors (Lipinski definition) is 1. The van der Waals surface area contributed by atoms with Crippen LogP contribution in [-0.4, -0.2) is 56.0 Å². The van der Waals surface area contributed by atoms with Crippen LogP contribution in [0, 0.1) is 0 Å². The summed E-state index contributed by atoms with van der Waals surface area (Å²) in [6, 6.07) is 0.542. The average Bonchev–Trinajstić information content (AvgIpc) is 2.31. The Kier molecular flexibility index (Phi) is 5.62. The molecule has 1 fully saturated rings. The molecule has 108 valence electrons. The van der Waals surface area contributed by atoms with Gasteiger partial charge in [0.15, 0.2) is 0 Å². The zero-order chi connectivity index (χ0) is 13.8. The number of sulfone groups is 1. The van der Waals surface area contributed by atoms with Gasteiger partial charge in [0.25, 0.3) is 0 Å². The summed E-state index contributed by atoms with van der Waals surface area (Å²) in [6.45, 7) is 11.2. The van der Waals surface area contributed by atoms with Crippen LogP contribution in [0.15, 0.2) is 0 Å². The smallest absolute Gasteiger partial charge is 0.150 e. The van der Waals surface area contributed by atoms with Gasteiger partial charge < -0.3 is 5.32 Å². The Morgan fingerprint density at radius 1 is 1.33 bits per heavy atom. The molecule has 1 atom stereocenters. The molecule has 1 N–H and O–H groups in total. The Hall–Kier alpha value is -0.130. The zero-order valence-corrected chi connectivity index (χ0v) is 13.0. The van der Waals surface area contributed by atoms with Crippen molar-refractivity contribution < 1.29 is 8.42 Å². The normalized spacial score (nSPS) is 25.2. The molecule has 4 nitrogen and oxygen atoms in total. The van der Waals surface area contributed by atoms with Crippen LogP contribution in [0.4, 0.5) is 0 Å². The molecular weight excluding hydrogens is 248 g/mol. The van der Waals surface area contributed by atoms with Gasteiger partial charge in [-0.15, -0.1) is 0 Å². The minimum absolute atomic E-state index is 0.127. The third-order valence-corrected chi connectivity index (χ3v) is 5.73. The average molecular weight is 276 g/mol. The van der Waals surface area contributed by atoms with E-state index in [4.69, 9.17) is 0 Å². The lowest BCUT2D eigenvalue weighted by Gasteiger charge is -2.46. The summed E-state index contributed by atoms with van der Waals surface area (Å²) < 4.78 is 23.0. The van der Waals surface area contributed by atoms with Gasteiger partial charge in [-0.3, -0.25) is 4.90 Å². The fourth-order valence-corrected chi connectivity index (χ4v) is 3.23. The number of rotatable bonds is 6. The lowest BCUT2D eigenvalue weighted by atomic mass is 9.96. The highest BCUT2D eigenvalue weighted by molar-refractivity contribution is 7.91. The van der Waals surface area contributed by atoms with Crippen molar-refractivity contribution in [3.63, 3.8) is 0 Å². The van der Waals surface area contributed by atoms with E-state index >= 15 is 0 Å². The van der Waals surface area contributed by atoms with Crippen LogP contribution in [0.3, 0.4) is 0 Å². The summed E-state index contributed by atoms with van der Waals surface area (Å²) in [6.07, 6.45) is 1.87. The van der Waals surface area contributed by atoms with Crippen LogP contribution in [-0.2, 0) is 9.84 Å². The van der Waals surface area contributed by atoms with Gasteiger partial charge in [0.1, 0.15) is 9.84 Å². The van der Waals surface area contributed by atoms with Crippen molar-refractivity contribution >= 4 is 9.84 Å². The molecule has 0 amide bonds. The Labute approximate surface area is 112 Å². The lowest BCUT2D eigenvalue weighted by molar-refractivity contribution is 0.0655. The van der Waals surface area contributed by atoms with E-state index in [1.807, 2.05) is 0 Å². The maximum Gasteiger partial charge on any atom is 0.150 e. The maximum atomic E-state index is 11.5. The number of piperazine rings is 1. The molecule has 1 saturated heterocycles. The summed E-state index contributed by atoms with van der Waals surface area (Å²) in [4.78, 5) is 2.43. The van der Waals surface area contributed by atoms with Gasteiger partial charge in [0.05, 0.1) is 5.75 Å². The maximum absolute atomic E-state index is 11.5. The van der Waals surface area contributed by atoms with Gasteiger partial charge in [-0.25, -0.2) is 8.42 Å². The predicted molar refractivity (Wildman–Crippen MR) is 76.7 cm³/mol. The molecule has 5 heteroatoms. The summed E-state index contributed by atoms with van der Waals surface area (Å²) in [5.41, 5.74) is 0.127. The molecule has 0 aromatic carbocycles. The lowest BCUT2D eigenvalue weighted by Crippen LogP contribution is -2.61. The molecule has 0 spiro atoms. The molecule has 1 rings (SSSR count). The first kappa shape index (κ1) is 15.9. The second-order valence-corrected chi connectivity index (χ2v) is 8.31. The molecule has 0 aromatic rings. The molecule has 0 aromatic heterocycles. The van der Waals surface area contributed by atoms with Crippen molar-refractivity contribution in [2.24, 2.45) is 0 Å². The van der Waals surface area contributed by atoms with E-state index in [1.165, 1.54) is 0 Å². The van der Waals surface area contributed by atoms with Crippen molar-refractivity contribution in [1.82, 2.24) is 10.2 Å². The minimum Gasteiger partial charge on any atom is -0.311 e. The van der Waals surface area contributed by atoms with Gasteiger partial charge in [-0.2, -0.15) is 0 Å². The Bertz CT molecular complexity index is 352. The van der Waals surface area contributed by atoms with Crippen molar-refractivity contribution in [3.8, 4) is 0 Å². The zero-order valence-electron chi connectivity index (χ0n) is 12.2. The molecule has 1 unspecified atom stereocenters. The van der Waals surface area contributed by atoms with Crippen LogP contribution in [0.5, 0.6) is 0 Å². The highest BCUT2D eigenvalue weighted by Crippen LogP contribution is 2.19. The predicted octanol–water partition coefficient (Wildman–Crippen LogP) is 1.27. The van der Waals surface area contributed by atoms with Crippen LogP contribution in [0.2, 0.25) is 0 Å².